The minimum absolute atomic E-state index is 0.0384. The fourth-order valence-electron chi connectivity index (χ4n) is 1.82. The molecule has 0 fully saturated rings. The number of thiophene rings is 1. The maximum Gasteiger partial charge on any atom is 0.224 e. The number of amides is 1. The fraction of sp³-hybridized carbons (Fsp3) is 0.615. The van der Waals surface area contributed by atoms with Crippen LogP contribution in [-0.2, 0) is 11.2 Å². The Labute approximate surface area is 112 Å². The number of hydrogen-bond donors (Lipinski definition) is 1. The molecular weight excluding hydrogens is 254 g/mol. The second-order valence-electron chi connectivity index (χ2n) is 4.21. The maximum atomic E-state index is 11.6. The highest BCUT2D eigenvalue weighted by Gasteiger charge is 2.16. The number of carbonyl (C=O) groups is 1. The summed E-state index contributed by atoms with van der Waals surface area (Å²) in [5, 5.41) is 6.92. The molecule has 0 radical (unpaired) electrons. The van der Waals surface area contributed by atoms with E-state index < -0.39 is 0 Å². The predicted octanol–water partition coefficient (Wildman–Crippen LogP) is 3.45. The molecule has 0 aliphatic rings. The Morgan fingerprint density at radius 2 is 2.18 bits per heavy atom. The van der Waals surface area contributed by atoms with Crippen molar-refractivity contribution in [2.75, 3.05) is 6.54 Å². The molecule has 0 bridgehead atoms. The third-order valence-electron chi connectivity index (χ3n) is 3.00. The molecule has 0 spiro atoms. The highest BCUT2D eigenvalue weighted by atomic mass is 35.5. The van der Waals surface area contributed by atoms with E-state index in [4.69, 9.17) is 11.6 Å². The quantitative estimate of drug-likeness (QED) is 0.758. The van der Waals surface area contributed by atoms with Crippen LogP contribution in [0.3, 0.4) is 0 Å². The molecule has 0 aromatic carbocycles. The lowest BCUT2D eigenvalue weighted by Crippen LogP contribution is -2.34. The van der Waals surface area contributed by atoms with Crippen LogP contribution in [0.4, 0.5) is 0 Å². The lowest BCUT2D eigenvalue weighted by atomic mass is 9.99. The number of alkyl halides is 1. The van der Waals surface area contributed by atoms with Crippen LogP contribution in [0.25, 0.3) is 0 Å². The number of nitrogens with one attached hydrogen (secondary N) is 1. The van der Waals surface area contributed by atoms with Gasteiger partial charge in [-0.2, -0.15) is 11.3 Å². The van der Waals surface area contributed by atoms with Gasteiger partial charge in [0.15, 0.2) is 0 Å². The molecule has 17 heavy (non-hydrogen) atoms. The molecule has 1 unspecified atom stereocenters. The van der Waals surface area contributed by atoms with Gasteiger partial charge in [-0.1, -0.05) is 26.7 Å². The van der Waals surface area contributed by atoms with Crippen molar-refractivity contribution in [1.29, 1.82) is 0 Å². The molecule has 1 atom stereocenters. The molecule has 0 aliphatic heterocycles. The lowest BCUT2D eigenvalue weighted by Gasteiger charge is -2.19. The first-order valence-electron chi connectivity index (χ1n) is 6.09. The van der Waals surface area contributed by atoms with Gasteiger partial charge in [-0.3, -0.25) is 4.79 Å². The van der Waals surface area contributed by atoms with Crippen LogP contribution in [0.1, 0.15) is 32.3 Å². The van der Waals surface area contributed by atoms with E-state index in [2.05, 4.69) is 19.2 Å². The van der Waals surface area contributed by atoms with E-state index in [0.717, 1.165) is 18.4 Å². The summed E-state index contributed by atoms with van der Waals surface area (Å²) in [5.41, 5.74) is 1.07. The standard InChI is InChI=1S/C13H20ClNOS/c1-3-11(4-2)12(14)8-15-13(16)7-10-5-6-17-9-10/h5-6,9,11-12H,3-4,7-8H2,1-2H3,(H,15,16). The second kappa shape index (κ2) is 7.72. The van der Waals surface area contributed by atoms with Gasteiger partial charge in [0.25, 0.3) is 0 Å². The van der Waals surface area contributed by atoms with Gasteiger partial charge < -0.3 is 5.32 Å². The van der Waals surface area contributed by atoms with E-state index in [9.17, 15) is 4.79 Å². The number of hydrogen-bond acceptors (Lipinski definition) is 2. The summed E-state index contributed by atoms with van der Waals surface area (Å²) < 4.78 is 0. The summed E-state index contributed by atoms with van der Waals surface area (Å²) >= 11 is 7.87. The van der Waals surface area contributed by atoms with Gasteiger partial charge in [-0.15, -0.1) is 11.6 Å². The van der Waals surface area contributed by atoms with Crippen LogP contribution in [0.2, 0.25) is 0 Å². The number of rotatable bonds is 7. The monoisotopic (exact) mass is 273 g/mol. The van der Waals surface area contributed by atoms with Crippen LogP contribution in [0, 0.1) is 5.92 Å². The summed E-state index contributed by atoms with van der Waals surface area (Å²) in [4.78, 5) is 11.6. The van der Waals surface area contributed by atoms with Crippen molar-refractivity contribution in [2.24, 2.45) is 5.92 Å². The fourth-order valence-corrected chi connectivity index (χ4v) is 2.92. The molecule has 1 N–H and O–H groups in total. The predicted molar refractivity (Wildman–Crippen MR) is 74.7 cm³/mol. The Hall–Kier alpha value is -0.540. The van der Waals surface area contributed by atoms with Crippen LogP contribution in [0.15, 0.2) is 16.8 Å². The number of halogens is 1. The molecule has 1 heterocycles. The van der Waals surface area contributed by atoms with Gasteiger partial charge in [0.2, 0.25) is 5.91 Å². The first-order valence-corrected chi connectivity index (χ1v) is 7.47. The molecule has 1 aromatic rings. The Morgan fingerprint density at radius 1 is 1.47 bits per heavy atom. The molecule has 1 rings (SSSR count). The molecule has 2 nitrogen and oxygen atoms in total. The van der Waals surface area contributed by atoms with Crippen molar-refractivity contribution in [2.45, 2.75) is 38.5 Å². The summed E-state index contributed by atoms with van der Waals surface area (Å²) in [5.74, 6) is 0.540. The van der Waals surface area contributed by atoms with E-state index in [-0.39, 0.29) is 11.3 Å². The summed E-state index contributed by atoms with van der Waals surface area (Å²) in [7, 11) is 0. The topological polar surface area (TPSA) is 29.1 Å². The van der Waals surface area contributed by atoms with E-state index >= 15 is 0 Å². The molecular formula is C13H20ClNOS. The molecule has 4 heteroatoms. The molecule has 1 amide bonds. The zero-order chi connectivity index (χ0) is 12.7. The minimum atomic E-state index is 0.0384. The lowest BCUT2D eigenvalue weighted by molar-refractivity contribution is -0.120. The van der Waals surface area contributed by atoms with Crippen LogP contribution in [0.5, 0.6) is 0 Å². The van der Waals surface area contributed by atoms with E-state index in [1.165, 1.54) is 0 Å². The molecule has 0 saturated carbocycles. The van der Waals surface area contributed by atoms with Crippen LogP contribution >= 0.6 is 22.9 Å². The molecule has 1 aromatic heterocycles. The summed E-state index contributed by atoms with van der Waals surface area (Å²) in [6, 6.07) is 1.98. The van der Waals surface area contributed by atoms with Crippen molar-refractivity contribution in [3.8, 4) is 0 Å². The first-order chi connectivity index (χ1) is 8.17. The Balaban J connectivity index is 2.28. The van der Waals surface area contributed by atoms with Gasteiger partial charge in [-0.05, 0) is 28.3 Å². The summed E-state index contributed by atoms with van der Waals surface area (Å²) in [6.07, 6.45) is 2.58. The van der Waals surface area contributed by atoms with Crippen molar-refractivity contribution in [1.82, 2.24) is 5.32 Å². The highest BCUT2D eigenvalue weighted by molar-refractivity contribution is 7.07. The van der Waals surface area contributed by atoms with E-state index in [1.807, 2.05) is 16.8 Å². The van der Waals surface area contributed by atoms with Gasteiger partial charge >= 0.3 is 0 Å². The Bertz CT molecular complexity index is 322. The number of carbonyl (C=O) groups excluding carboxylic acids is 1. The van der Waals surface area contributed by atoms with Crippen molar-refractivity contribution >= 4 is 28.8 Å². The van der Waals surface area contributed by atoms with Crippen molar-refractivity contribution < 1.29 is 4.79 Å². The van der Waals surface area contributed by atoms with Gasteiger partial charge in [0, 0.05) is 6.54 Å². The van der Waals surface area contributed by atoms with Crippen LogP contribution in [-0.4, -0.2) is 17.8 Å². The minimum Gasteiger partial charge on any atom is -0.354 e. The average molecular weight is 274 g/mol. The normalized spacial score (nSPS) is 12.7. The van der Waals surface area contributed by atoms with E-state index in [1.54, 1.807) is 11.3 Å². The third kappa shape index (κ3) is 5.09. The third-order valence-corrected chi connectivity index (χ3v) is 4.24. The van der Waals surface area contributed by atoms with Crippen molar-refractivity contribution in [3.63, 3.8) is 0 Å². The largest absolute Gasteiger partial charge is 0.354 e. The van der Waals surface area contributed by atoms with Crippen LogP contribution < -0.4 is 5.32 Å². The summed E-state index contributed by atoms with van der Waals surface area (Å²) in [6.45, 7) is 4.84. The smallest absolute Gasteiger partial charge is 0.224 e. The van der Waals surface area contributed by atoms with Gasteiger partial charge in [-0.25, -0.2) is 0 Å². The van der Waals surface area contributed by atoms with Gasteiger partial charge in [0.1, 0.15) is 0 Å². The average Bonchev–Trinajstić information content (AvgIpc) is 2.81. The Morgan fingerprint density at radius 3 is 2.71 bits per heavy atom. The zero-order valence-electron chi connectivity index (χ0n) is 10.4. The molecule has 0 saturated heterocycles. The SMILES string of the molecule is CCC(CC)C(Cl)CNC(=O)Cc1ccsc1. The zero-order valence-corrected chi connectivity index (χ0v) is 12.0. The van der Waals surface area contributed by atoms with Crippen molar-refractivity contribution in [3.05, 3.63) is 22.4 Å². The van der Waals surface area contributed by atoms with Gasteiger partial charge in [0.05, 0.1) is 11.8 Å². The molecule has 0 aliphatic carbocycles. The highest BCUT2D eigenvalue weighted by Crippen LogP contribution is 2.17. The first kappa shape index (κ1) is 14.5. The van der Waals surface area contributed by atoms with E-state index in [0.29, 0.717) is 18.9 Å². The maximum absolute atomic E-state index is 11.6. The second-order valence-corrected chi connectivity index (χ2v) is 5.55. The molecule has 96 valence electrons. The Kier molecular flexibility index (Phi) is 6.60.